The molecule has 0 spiro atoms. The second kappa shape index (κ2) is 6.60. The number of anilines is 1. The van der Waals surface area contributed by atoms with Gasteiger partial charge in [0.15, 0.2) is 0 Å². The monoisotopic (exact) mass is 296 g/mol. The van der Waals surface area contributed by atoms with Gasteiger partial charge in [-0.05, 0) is 36.1 Å². The highest BCUT2D eigenvalue weighted by atomic mass is 16.6. The third kappa shape index (κ3) is 3.27. The average molecular weight is 296 g/mol. The molecule has 0 aliphatic carbocycles. The van der Waals surface area contributed by atoms with Crippen molar-refractivity contribution < 1.29 is 4.92 Å². The van der Waals surface area contributed by atoms with Crippen LogP contribution in [0.1, 0.15) is 29.9 Å². The molecule has 0 amide bonds. The maximum atomic E-state index is 11.0. The first-order valence-electron chi connectivity index (χ1n) is 7.76. The molecule has 22 heavy (non-hydrogen) atoms. The summed E-state index contributed by atoms with van der Waals surface area (Å²) in [5, 5.41) is 11.0. The van der Waals surface area contributed by atoms with E-state index < -0.39 is 0 Å². The maximum absolute atomic E-state index is 11.0. The molecular formula is C18H20N2O2. The van der Waals surface area contributed by atoms with Crippen LogP contribution in [0, 0.1) is 10.1 Å². The lowest BCUT2D eigenvalue weighted by Gasteiger charge is -2.19. The number of benzene rings is 2. The largest absolute Gasteiger partial charge is 0.372 e. The van der Waals surface area contributed by atoms with Crippen LogP contribution in [0.5, 0.6) is 0 Å². The van der Waals surface area contributed by atoms with Crippen LogP contribution in [0.25, 0.3) is 0 Å². The van der Waals surface area contributed by atoms with Gasteiger partial charge in [-0.1, -0.05) is 42.5 Å². The Labute approximate surface area is 130 Å². The zero-order valence-electron chi connectivity index (χ0n) is 12.5. The van der Waals surface area contributed by atoms with E-state index in [4.69, 9.17) is 0 Å². The number of rotatable bonds is 5. The van der Waals surface area contributed by atoms with Crippen LogP contribution in [-0.4, -0.2) is 24.6 Å². The van der Waals surface area contributed by atoms with Crippen molar-refractivity contribution in [3.63, 3.8) is 0 Å². The Morgan fingerprint density at radius 1 is 0.955 bits per heavy atom. The first-order valence-corrected chi connectivity index (χ1v) is 7.76. The molecule has 2 aromatic rings. The highest BCUT2D eigenvalue weighted by molar-refractivity contribution is 5.49. The lowest BCUT2D eigenvalue weighted by atomic mass is 9.91. The van der Waals surface area contributed by atoms with Crippen molar-refractivity contribution in [2.24, 2.45) is 0 Å². The van der Waals surface area contributed by atoms with Crippen molar-refractivity contribution >= 4 is 5.69 Å². The standard InChI is InChI=1S/C18H20N2O2/c21-20(22)14-18(15-6-2-1-3-7-15)16-8-10-17(11-9-16)19-12-4-5-13-19/h1-3,6-11,18H,4-5,12-14H2. The Balaban J connectivity index is 1.86. The molecule has 0 radical (unpaired) electrons. The van der Waals surface area contributed by atoms with Crippen LogP contribution in [0.4, 0.5) is 5.69 Å². The fraction of sp³-hybridized carbons (Fsp3) is 0.333. The molecule has 0 N–H and O–H groups in total. The zero-order valence-corrected chi connectivity index (χ0v) is 12.5. The molecule has 0 aromatic heterocycles. The topological polar surface area (TPSA) is 46.4 Å². The lowest BCUT2D eigenvalue weighted by molar-refractivity contribution is -0.481. The molecule has 2 aromatic carbocycles. The highest BCUT2D eigenvalue weighted by Crippen LogP contribution is 2.28. The molecule has 0 saturated carbocycles. The van der Waals surface area contributed by atoms with E-state index in [1.165, 1.54) is 18.5 Å². The molecule has 114 valence electrons. The quantitative estimate of drug-likeness (QED) is 0.624. The summed E-state index contributed by atoms with van der Waals surface area (Å²) in [4.78, 5) is 13.2. The third-order valence-electron chi connectivity index (χ3n) is 4.30. The minimum atomic E-state index is -0.230. The average Bonchev–Trinajstić information content (AvgIpc) is 3.08. The first-order chi connectivity index (χ1) is 10.7. The molecule has 1 heterocycles. The van der Waals surface area contributed by atoms with E-state index in [-0.39, 0.29) is 17.4 Å². The van der Waals surface area contributed by atoms with Gasteiger partial charge < -0.3 is 4.90 Å². The Morgan fingerprint density at radius 2 is 1.55 bits per heavy atom. The van der Waals surface area contributed by atoms with Crippen molar-refractivity contribution in [1.29, 1.82) is 0 Å². The third-order valence-corrected chi connectivity index (χ3v) is 4.30. The minimum Gasteiger partial charge on any atom is -0.372 e. The van der Waals surface area contributed by atoms with E-state index in [1.54, 1.807) is 0 Å². The molecule has 1 aliphatic heterocycles. The summed E-state index contributed by atoms with van der Waals surface area (Å²) in [6, 6.07) is 18.0. The zero-order chi connectivity index (χ0) is 15.4. The van der Waals surface area contributed by atoms with Gasteiger partial charge in [0.25, 0.3) is 0 Å². The summed E-state index contributed by atoms with van der Waals surface area (Å²) in [5.74, 6) is -0.191. The van der Waals surface area contributed by atoms with Crippen molar-refractivity contribution in [1.82, 2.24) is 0 Å². The Morgan fingerprint density at radius 3 is 2.14 bits per heavy atom. The predicted octanol–water partition coefficient (Wildman–Crippen LogP) is 3.70. The van der Waals surface area contributed by atoms with E-state index in [0.29, 0.717) is 0 Å². The van der Waals surface area contributed by atoms with Gasteiger partial charge in [-0.3, -0.25) is 10.1 Å². The molecule has 3 rings (SSSR count). The summed E-state index contributed by atoms with van der Waals surface area (Å²) in [6.45, 7) is 2.14. The van der Waals surface area contributed by atoms with Gasteiger partial charge in [-0.15, -0.1) is 0 Å². The molecule has 0 bridgehead atoms. The Kier molecular flexibility index (Phi) is 4.37. The number of nitro groups is 1. The van der Waals surface area contributed by atoms with E-state index in [0.717, 1.165) is 24.2 Å². The predicted molar refractivity (Wildman–Crippen MR) is 88.0 cm³/mol. The molecule has 1 aliphatic rings. The smallest absolute Gasteiger partial charge is 0.214 e. The summed E-state index contributed by atoms with van der Waals surface area (Å²) < 4.78 is 0. The highest BCUT2D eigenvalue weighted by Gasteiger charge is 2.20. The maximum Gasteiger partial charge on any atom is 0.214 e. The van der Waals surface area contributed by atoms with Crippen LogP contribution in [0.2, 0.25) is 0 Å². The van der Waals surface area contributed by atoms with Crippen LogP contribution >= 0.6 is 0 Å². The van der Waals surface area contributed by atoms with Crippen LogP contribution in [-0.2, 0) is 0 Å². The normalized spacial score (nSPS) is 15.7. The van der Waals surface area contributed by atoms with Gasteiger partial charge in [0.1, 0.15) is 0 Å². The Hall–Kier alpha value is -2.36. The summed E-state index contributed by atoms with van der Waals surface area (Å²) in [5.41, 5.74) is 3.22. The number of hydrogen-bond donors (Lipinski definition) is 0. The van der Waals surface area contributed by atoms with Gasteiger partial charge in [-0.25, -0.2) is 0 Å². The number of hydrogen-bond acceptors (Lipinski definition) is 3. The van der Waals surface area contributed by atoms with Gasteiger partial charge in [0.05, 0.1) is 5.92 Å². The van der Waals surface area contributed by atoms with E-state index in [9.17, 15) is 10.1 Å². The van der Waals surface area contributed by atoms with E-state index in [2.05, 4.69) is 17.0 Å². The second-order valence-electron chi connectivity index (χ2n) is 5.76. The van der Waals surface area contributed by atoms with Gasteiger partial charge >= 0.3 is 0 Å². The van der Waals surface area contributed by atoms with Crippen molar-refractivity contribution in [2.45, 2.75) is 18.8 Å². The molecule has 1 fully saturated rings. The molecule has 1 atom stereocenters. The van der Waals surface area contributed by atoms with Crippen molar-refractivity contribution in [3.8, 4) is 0 Å². The molecule has 4 nitrogen and oxygen atoms in total. The SMILES string of the molecule is O=[N+]([O-])CC(c1ccccc1)c1ccc(N2CCCC2)cc1. The van der Waals surface area contributed by atoms with Crippen LogP contribution in [0.15, 0.2) is 54.6 Å². The van der Waals surface area contributed by atoms with Crippen LogP contribution < -0.4 is 4.90 Å². The van der Waals surface area contributed by atoms with Crippen molar-refractivity contribution in [2.75, 3.05) is 24.5 Å². The fourth-order valence-electron chi connectivity index (χ4n) is 3.13. The molecule has 4 heteroatoms. The Bertz CT molecular complexity index is 619. The number of nitrogens with zero attached hydrogens (tertiary/aromatic N) is 2. The summed E-state index contributed by atoms with van der Waals surface area (Å²) in [7, 11) is 0. The fourth-order valence-corrected chi connectivity index (χ4v) is 3.13. The van der Waals surface area contributed by atoms with Gasteiger partial charge in [0, 0.05) is 23.7 Å². The van der Waals surface area contributed by atoms with E-state index >= 15 is 0 Å². The minimum absolute atomic E-state index is 0.0763. The van der Waals surface area contributed by atoms with Crippen LogP contribution in [0.3, 0.4) is 0 Å². The molecule has 1 saturated heterocycles. The van der Waals surface area contributed by atoms with Gasteiger partial charge in [-0.2, -0.15) is 0 Å². The molecule has 1 unspecified atom stereocenters. The summed E-state index contributed by atoms with van der Waals surface area (Å²) >= 11 is 0. The first kappa shape index (κ1) is 14.6. The summed E-state index contributed by atoms with van der Waals surface area (Å²) in [6.07, 6.45) is 2.49. The van der Waals surface area contributed by atoms with Crippen molar-refractivity contribution in [3.05, 3.63) is 75.8 Å². The molecular weight excluding hydrogens is 276 g/mol. The van der Waals surface area contributed by atoms with E-state index in [1.807, 2.05) is 42.5 Å². The lowest BCUT2D eigenvalue weighted by Crippen LogP contribution is -2.18. The second-order valence-corrected chi connectivity index (χ2v) is 5.76. The van der Waals surface area contributed by atoms with Gasteiger partial charge in [0.2, 0.25) is 6.54 Å².